The highest BCUT2D eigenvalue weighted by molar-refractivity contribution is 14.1. The van der Waals surface area contributed by atoms with Gasteiger partial charge in [-0.2, -0.15) is 0 Å². The van der Waals surface area contributed by atoms with Crippen molar-refractivity contribution in [3.8, 4) is 11.5 Å². The number of hydrogen-bond donors (Lipinski definition) is 0. The number of nitrogens with zero attached hydrogens (tertiary/aromatic N) is 1. The minimum Gasteiger partial charge on any atom is -0.490 e. The van der Waals surface area contributed by atoms with Gasteiger partial charge in [-0.1, -0.05) is 41.9 Å². The second-order valence-electron chi connectivity index (χ2n) is 7.31. The maximum Gasteiger partial charge on any atom is 0.363 e. The molecule has 1 aliphatic heterocycles. The Bertz CT molecular complexity index is 1280. The lowest BCUT2D eigenvalue weighted by Crippen LogP contribution is -2.06. The molecule has 0 aliphatic carbocycles. The van der Waals surface area contributed by atoms with E-state index in [-0.39, 0.29) is 11.6 Å². The summed E-state index contributed by atoms with van der Waals surface area (Å²) < 4.78 is 18.9. The zero-order valence-corrected chi connectivity index (χ0v) is 22.7. The predicted octanol–water partition coefficient (Wildman–Crippen LogP) is 7.07. The van der Waals surface area contributed by atoms with E-state index in [9.17, 15) is 4.79 Å². The van der Waals surface area contributed by atoms with Crippen molar-refractivity contribution >= 4 is 68.1 Å². The van der Waals surface area contributed by atoms with Crippen molar-refractivity contribution in [2.24, 2.45) is 4.99 Å². The lowest BCUT2D eigenvalue weighted by atomic mass is 10.1. The Kier molecular flexibility index (Phi) is 8.28. The zero-order valence-electron chi connectivity index (χ0n) is 18.2. The Morgan fingerprint density at radius 3 is 2.68 bits per heavy atom. The maximum absolute atomic E-state index is 12.5. The molecule has 1 aliphatic rings. The van der Waals surface area contributed by atoms with Crippen LogP contribution < -0.4 is 9.47 Å². The van der Waals surface area contributed by atoms with Crippen LogP contribution in [0.25, 0.3) is 6.08 Å². The minimum absolute atomic E-state index is 0.178. The van der Waals surface area contributed by atoms with Gasteiger partial charge in [0.15, 0.2) is 17.2 Å². The van der Waals surface area contributed by atoms with Crippen molar-refractivity contribution in [1.29, 1.82) is 0 Å². The van der Waals surface area contributed by atoms with E-state index in [1.54, 1.807) is 12.1 Å². The smallest absolute Gasteiger partial charge is 0.363 e. The number of carbonyl (C=O) groups is 1. The molecule has 0 spiro atoms. The fourth-order valence-electron chi connectivity index (χ4n) is 3.33. The van der Waals surface area contributed by atoms with Gasteiger partial charge in [0.25, 0.3) is 0 Å². The van der Waals surface area contributed by atoms with Gasteiger partial charge in [0.1, 0.15) is 0 Å². The third-order valence-corrected chi connectivity index (χ3v) is 6.48. The van der Waals surface area contributed by atoms with E-state index in [2.05, 4.69) is 55.6 Å². The first-order chi connectivity index (χ1) is 16.4. The van der Waals surface area contributed by atoms with Gasteiger partial charge in [0.05, 0.1) is 28.3 Å². The molecule has 0 amide bonds. The van der Waals surface area contributed by atoms with E-state index >= 15 is 0 Å². The van der Waals surface area contributed by atoms with Crippen molar-refractivity contribution in [3.05, 3.63) is 96.1 Å². The zero-order chi connectivity index (χ0) is 24.1. The number of esters is 1. The summed E-state index contributed by atoms with van der Waals surface area (Å²) >= 11 is 12.0. The highest BCUT2D eigenvalue weighted by Crippen LogP contribution is 2.38. The number of aliphatic imine (C=N–C) groups is 1. The van der Waals surface area contributed by atoms with Gasteiger partial charge in [0, 0.05) is 9.99 Å². The second-order valence-corrected chi connectivity index (χ2v) is 9.81. The molecule has 0 saturated heterocycles. The fraction of sp³-hybridized carbons (Fsp3) is 0.154. The van der Waals surface area contributed by atoms with Crippen LogP contribution in [0, 0.1) is 3.57 Å². The molecule has 4 rings (SSSR count). The molecule has 0 fully saturated rings. The lowest BCUT2D eigenvalue weighted by Gasteiger charge is -2.15. The molecule has 8 heteroatoms. The van der Waals surface area contributed by atoms with Crippen LogP contribution >= 0.6 is 50.1 Å². The van der Waals surface area contributed by atoms with Crippen LogP contribution in [0.2, 0.25) is 5.02 Å². The first-order valence-corrected chi connectivity index (χ1v) is 12.8. The van der Waals surface area contributed by atoms with E-state index in [1.807, 2.05) is 49.4 Å². The third kappa shape index (κ3) is 6.00. The van der Waals surface area contributed by atoms with Crippen molar-refractivity contribution < 1.29 is 19.0 Å². The summed E-state index contributed by atoms with van der Waals surface area (Å²) in [5.41, 5.74) is 2.66. The monoisotopic (exact) mass is 651 g/mol. The molecular weight excluding hydrogens is 633 g/mol. The summed E-state index contributed by atoms with van der Waals surface area (Å²) in [5.74, 6) is 0.837. The molecule has 0 bridgehead atoms. The Balaban J connectivity index is 1.58. The van der Waals surface area contributed by atoms with Gasteiger partial charge in [-0.15, -0.1) is 0 Å². The number of hydrogen-bond acceptors (Lipinski definition) is 5. The standard InChI is InChI=1S/C26H20BrClINO4/c1-2-32-23-14-17(12-20(27)24(23)33-11-10-16-6-4-3-5-7-16)13-22-26(31)34-25(30-22)19-15-18(29)8-9-21(19)28/h3-9,12-15H,2,10-11H2,1H3/b22-13-. The number of cyclic esters (lactones) is 1. The first-order valence-electron chi connectivity index (χ1n) is 10.6. The Labute approximate surface area is 225 Å². The van der Waals surface area contributed by atoms with E-state index in [4.69, 9.17) is 25.8 Å². The van der Waals surface area contributed by atoms with Gasteiger partial charge in [-0.3, -0.25) is 0 Å². The lowest BCUT2D eigenvalue weighted by molar-refractivity contribution is -0.129. The Hall–Kier alpha value is -2.36. The number of benzene rings is 3. The predicted molar refractivity (Wildman–Crippen MR) is 146 cm³/mol. The van der Waals surface area contributed by atoms with E-state index in [1.165, 1.54) is 5.56 Å². The fourth-order valence-corrected chi connectivity index (χ4v) is 4.60. The van der Waals surface area contributed by atoms with Crippen LogP contribution in [-0.4, -0.2) is 25.1 Å². The van der Waals surface area contributed by atoms with Crippen molar-refractivity contribution in [2.75, 3.05) is 13.2 Å². The Morgan fingerprint density at radius 1 is 1.12 bits per heavy atom. The second kappa shape index (κ2) is 11.4. The van der Waals surface area contributed by atoms with Crippen LogP contribution in [-0.2, 0) is 16.0 Å². The van der Waals surface area contributed by atoms with Gasteiger partial charge in [-0.25, -0.2) is 9.79 Å². The van der Waals surface area contributed by atoms with Crippen LogP contribution in [0.3, 0.4) is 0 Å². The number of ether oxygens (including phenoxy) is 3. The molecule has 34 heavy (non-hydrogen) atoms. The van der Waals surface area contributed by atoms with Crippen molar-refractivity contribution in [1.82, 2.24) is 0 Å². The maximum atomic E-state index is 12.5. The Morgan fingerprint density at radius 2 is 1.91 bits per heavy atom. The normalized spacial score (nSPS) is 14.2. The van der Waals surface area contributed by atoms with Crippen molar-refractivity contribution in [2.45, 2.75) is 13.3 Å². The van der Waals surface area contributed by atoms with Crippen molar-refractivity contribution in [3.63, 3.8) is 0 Å². The van der Waals surface area contributed by atoms with Gasteiger partial charge in [0.2, 0.25) is 5.90 Å². The molecule has 0 radical (unpaired) electrons. The average molecular weight is 653 g/mol. The molecule has 0 aromatic heterocycles. The van der Waals surface area contributed by atoms with Gasteiger partial charge >= 0.3 is 5.97 Å². The summed E-state index contributed by atoms with van der Waals surface area (Å²) in [4.78, 5) is 16.9. The summed E-state index contributed by atoms with van der Waals surface area (Å²) in [6.45, 7) is 2.87. The molecule has 5 nitrogen and oxygen atoms in total. The largest absolute Gasteiger partial charge is 0.490 e. The number of rotatable bonds is 8. The molecule has 174 valence electrons. The molecule has 3 aromatic rings. The van der Waals surface area contributed by atoms with Crippen LogP contribution in [0.4, 0.5) is 0 Å². The van der Waals surface area contributed by atoms with E-state index in [0.29, 0.717) is 35.3 Å². The van der Waals surface area contributed by atoms with Crippen LogP contribution in [0.15, 0.2) is 75.8 Å². The number of halogens is 3. The SMILES string of the molecule is CCOc1cc(/C=C2\N=C(c3cc(I)ccc3Cl)OC2=O)cc(Br)c1OCCc1ccccc1. The quantitative estimate of drug-likeness (QED) is 0.148. The summed E-state index contributed by atoms with van der Waals surface area (Å²) in [6, 6.07) is 19.3. The van der Waals surface area contributed by atoms with Gasteiger partial charge < -0.3 is 14.2 Å². The highest BCUT2D eigenvalue weighted by atomic mass is 127. The minimum atomic E-state index is -0.540. The van der Waals surface area contributed by atoms with E-state index in [0.717, 1.165) is 20.0 Å². The molecule has 0 saturated carbocycles. The summed E-state index contributed by atoms with van der Waals surface area (Å²) in [6.07, 6.45) is 2.42. The summed E-state index contributed by atoms with van der Waals surface area (Å²) in [7, 11) is 0. The summed E-state index contributed by atoms with van der Waals surface area (Å²) in [5, 5.41) is 0.464. The first kappa shape index (κ1) is 24.8. The van der Waals surface area contributed by atoms with Gasteiger partial charge in [-0.05, 0) is 93.0 Å². The van der Waals surface area contributed by atoms with Crippen LogP contribution in [0.1, 0.15) is 23.6 Å². The molecule has 0 atom stereocenters. The topological polar surface area (TPSA) is 57.1 Å². The number of carbonyl (C=O) groups excluding carboxylic acids is 1. The van der Waals surface area contributed by atoms with E-state index < -0.39 is 5.97 Å². The molecular formula is C26H20BrClINO4. The molecule has 0 N–H and O–H groups in total. The molecule has 0 unspecified atom stereocenters. The highest BCUT2D eigenvalue weighted by Gasteiger charge is 2.26. The van der Waals surface area contributed by atoms with Crippen LogP contribution in [0.5, 0.6) is 11.5 Å². The molecule has 3 aromatic carbocycles. The third-order valence-electron chi connectivity index (χ3n) is 4.89. The average Bonchev–Trinajstić information content (AvgIpc) is 3.18. The molecule has 1 heterocycles.